The summed E-state index contributed by atoms with van der Waals surface area (Å²) < 4.78 is 1.85. The molecule has 0 aliphatic carbocycles. The van der Waals surface area contributed by atoms with E-state index in [1.54, 1.807) is 29.9 Å². The summed E-state index contributed by atoms with van der Waals surface area (Å²) in [6.07, 6.45) is 7.33. The first-order chi connectivity index (χ1) is 14.3. The summed E-state index contributed by atoms with van der Waals surface area (Å²) in [5.41, 5.74) is 3.41. The molecule has 0 N–H and O–H groups in total. The number of likely N-dealkylation sites (tertiary alicyclic amines) is 1. The van der Waals surface area contributed by atoms with Crippen LogP contribution in [0.5, 0.6) is 0 Å². The number of hydrogen-bond acceptors (Lipinski definition) is 5. The summed E-state index contributed by atoms with van der Waals surface area (Å²) in [6, 6.07) is 10.1. The molecule has 1 amide bonds. The third-order valence-corrected chi connectivity index (χ3v) is 6.41. The summed E-state index contributed by atoms with van der Waals surface area (Å²) in [4.78, 5) is 25.7. The third kappa shape index (κ3) is 3.11. The Morgan fingerprint density at radius 2 is 2.14 bits per heavy atom. The molecule has 1 unspecified atom stereocenters. The molecular weight excluding hydrogens is 382 g/mol. The highest BCUT2D eigenvalue weighted by Crippen LogP contribution is 2.35. The average molecular weight is 404 g/mol. The molecule has 0 aromatic carbocycles. The van der Waals surface area contributed by atoms with Crippen molar-refractivity contribution in [1.82, 2.24) is 24.6 Å². The number of carbonyl (C=O) groups excluding carboxylic acids is 1. The Morgan fingerprint density at radius 3 is 2.90 bits per heavy atom. The molecule has 6 nitrogen and oxygen atoms in total. The predicted molar refractivity (Wildman–Crippen MR) is 114 cm³/mol. The number of aromatic nitrogens is 4. The van der Waals surface area contributed by atoms with E-state index < -0.39 is 0 Å². The van der Waals surface area contributed by atoms with Gasteiger partial charge in [-0.25, -0.2) is 9.67 Å². The smallest absolute Gasteiger partial charge is 0.255 e. The van der Waals surface area contributed by atoms with Crippen LogP contribution >= 0.6 is 11.3 Å². The van der Waals surface area contributed by atoms with Gasteiger partial charge in [0.2, 0.25) is 0 Å². The molecule has 5 heterocycles. The van der Waals surface area contributed by atoms with Crippen LogP contribution in [0.4, 0.5) is 0 Å². The van der Waals surface area contributed by atoms with Crippen LogP contribution in [0.25, 0.3) is 21.6 Å². The second-order valence-electron chi connectivity index (χ2n) is 7.17. The van der Waals surface area contributed by atoms with Crippen molar-refractivity contribution < 1.29 is 4.79 Å². The number of thiophene rings is 1. The minimum absolute atomic E-state index is 0.0465. The largest absolute Gasteiger partial charge is 0.332 e. The average Bonchev–Trinajstić information content (AvgIpc) is 3.53. The van der Waals surface area contributed by atoms with Crippen LogP contribution in [0.15, 0.2) is 54.3 Å². The van der Waals surface area contributed by atoms with E-state index in [9.17, 15) is 4.79 Å². The van der Waals surface area contributed by atoms with Crippen LogP contribution in [0.1, 0.15) is 41.7 Å². The Morgan fingerprint density at radius 1 is 1.28 bits per heavy atom. The van der Waals surface area contributed by atoms with E-state index in [1.807, 2.05) is 52.2 Å². The van der Waals surface area contributed by atoms with E-state index in [-0.39, 0.29) is 11.9 Å². The Labute approximate surface area is 172 Å². The van der Waals surface area contributed by atoms with Gasteiger partial charge in [-0.15, -0.1) is 11.3 Å². The highest BCUT2D eigenvalue weighted by atomic mass is 32.1. The number of aryl methyl sites for hydroxylation is 1. The van der Waals surface area contributed by atoms with Gasteiger partial charge < -0.3 is 4.90 Å². The van der Waals surface area contributed by atoms with Crippen molar-refractivity contribution in [3.05, 3.63) is 65.4 Å². The first-order valence-electron chi connectivity index (χ1n) is 9.87. The minimum Gasteiger partial charge on any atom is -0.332 e. The number of rotatable bonds is 4. The van der Waals surface area contributed by atoms with Crippen molar-refractivity contribution in [3.8, 4) is 10.6 Å². The van der Waals surface area contributed by atoms with Gasteiger partial charge in [0, 0.05) is 25.5 Å². The number of carbonyl (C=O) groups is 1. The second-order valence-corrected chi connectivity index (χ2v) is 8.11. The van der Waals surface area contributed by atoms with Crippen LogP contribution in [-0.2, 0) is 6.54 Å². The van der Waals surface area contributed by atoms with Crippen molar-refractivity contribution in [2.24, 2.45) is 0 Å². The van der Waals surface area contributed by atoms with E-state index in [2.05, 4.69) is 10.1 Å². The number of fused-ring (bicyclic) bond motifs is 1. The van der Waals surface area contributed by atoms with Gasteiger partial charge >= 0.3 is 0 Å². The lowest BCUT2D eigenvalue weighted by Crippen LogP contribution is -2.30. The van der Waals surface area contributed by atoms with Gasteiger partial charge in [-0.05, 0) is 55.0 Å². The molecule has 0 spiro atoms. The molecule has 5 rings (SSSR count). The summed E-state index contributed by atoms with van der Waals surface area (Å²) >= 11 is 1.63. The zero-order valence-corrected chi connectivity index (χ0v) is 17.0. The van der Waals surface area contributed by atoms with Gasteiger partial charge in [-0.1, -0.05) is 6.07 Å². The van der Waals surface area contributed by atoms with Gasteiger partial charge in [-0.3, -0.25) is 9.78 Å². The van der Waals surface area contributed by atoms with Crippen molar-refractivity contribution in [2.75, 3.05) is 6.54 Å². The predicted octanol–water partition coefficient (Wildman–Crippen LogP) is 4.55. The van der Waals surface area contributed by atoms with Crippen LogP contribution in [0, 0.1) is 0 Å². The fraction of sp³-hybridized carbons (Fsp3) is 0.273. The number of pyridine rings is 2. The van der Waals surface area contributed by atoms with Crippen molar-refractivity contribution in [3.63, 3.8) is 0 Å². The summed E-state index contributed by atoms with van der Waals surface area (Å²) in [5, 5.41) is 7.31. The maximum atomic E-state index is 13.7. The molecular formula is C22H21N5OS. The molecule has 29 heavy (non-hydrogen) atoms. The lowest BCUT2D eigenvalue weighted by molar-refractivity contribution is 0.0737. The molecule has 4 aromatic rings. The molecule has 0 saturated carbocycles. The molecule has 1 fully saturated rings. The van der Waals surface area contributed by atoms with Gasteiger partial charge in [0.25, 0.3) is 5.91 Å². The van der Waals surface area contributed by atoms with E-state index in [0.29, 0.717) is 12.1 Å². The number of amides is 1. The summed E-state index contributed by atoms with van der Waals surface area (Å²) in [6.45, 7) is 3.50. The Hall–Kier alpha value is -3.06. The van der Waals surface area contributed by atoms with E-state index in [1.165, 1.54) is 0 Å². The van der Waals surface area contributed by atoms with E-state index >= 15 is 0 Å². The van der Waals surface area contributed by atoms with Gasteiger partial charge in [0.05, 0.1) is 33.8 Å². The van der Waals surface area contributed by atoms with Crippen LogP contribution in [-0.4, -0.2) is 37.1 Å². The third-order valence-electron chi connectivity index (χ3n) is 5.52. The Balaban J connectivity index is 1.62. The second kappa shape index (κ2) is 7.40. The van der Waals surface area contributed by atoms with Crippen LogP contribution < -0.4 is 0 Å². The standard InChI is InChI=1S/C22H21N5OS/c1-2-27-21-17(14-24-27)16(13-18(25-21)20-6-4-12-29-20)22(28)26-11-3-5-19(26)15-7-9-23-10-8-15/h4,6-10,12-14,19H,2-3,5,11H2,1H3. The minimum atomic E-state index is 0.0465. The van der Waals surface area contributed by atoms with Gasteiger partial charge in [0.1, 0.15) is 0 Å². The van der Waals surface area contributed by atoms with Gasteiger partial charge in [0.15, 0.2) is 5.65 Å². The van der Waals surface area contributed by atoms with Crippen molar-refractivity contribution in [1.29, 1.82) is 0 Å². The molecule has 146 valence electrons. The number of hydrogen-bond donors (Lipinski definition) is 0. The number of nitrogens with zero attached hydrogens (tertiary/aromatic N) is 5. The maximum absolute atomic E-state index is 13.7. The molecule has 4 aromatic heterocycles. The molecule has 1 saturated heterocycles. The highest BCUT2D eigenvalue weighted by Gasteiger charge is 2.32. The molecule has 1 aliphatic rings. The van der Waals surface area contributed by atoms with Crippen molar-refractivity contribution in [2.45, 2.75) is 32.4 Å². The quantitative estimate of drug-likeness (QED) is 0.501. The monoisotopic (exact) mass is 403 g/mol. The highest BCUT2D eigenvalue weighted by molar-refractivity contribution is 7.13. The SMILES string of the molecule is CCn1ncc2c(C(=O)N3CCCC3c3ccncc3)cc(-c3cccs3)nc21. The fourth-order valence-corrected chi connectivity index (χ4v) is 4.79. The van der Waals surface area contributed by atoms with E-state index in [4.69, 9.17) is 4.98 Å². The molecule has 0 radical (unpaired) electrons. The first kappa shape index (κ1) is 18.0. The molecule has 1 atom stereocenters. The lowest BCUT2D eigenvalue weighted by atomic mass is 10.0. The zero-order valence-electron chi connectivity index (χ0n) is 16.2. The van der Waals surface area contributed by atoms with Crippen LogP contribution in [0.3, 0.4) is 0 Å². The lowest BCUT2D eigenvalue weighted by Gasteiger charge is -2.25. The Kier molecular flexibility index (Phi) is 4.60. The summed E-state index contributed by atoms with van der Waals surface area (Å²) in [5.74, 6) is 0.0465. The first-order valence-corrected chi connectivity index (χ1v) is 10.8. The normalized spacial score (nSPS) is 16.6. The topological polar surface area (TPSA) is 63.9 Å². The maximum Gasteiger partial charge on any atom is 0.255 e. The fourth-order valence-electron chi connectivity index (χ4n) is 4.10. The molecule has 0 bridgehead atoms. The summed E-state index contributed by atoms with van der Waals surface area (Å²) in [7, 11) is 0. The van der Waals surface area contributed by atoms with E-state index in [0.717, 1.165) is 46.6 Å². The van der Waals surface area contributed by atoms with Crippen molar-refractivity contribution >= 4 is 28.3 Å². The Bertz CT molecular complexity index is 1150. The molecule has 1 aliphatic heterocycles. The molecule has 7 heteroatoms. The zero-order chi connectivity index (χ0) is 19.8. The van der Waals surface area contributed by atoms with Gasteiger partial charge in [-0.2, -0.15) is 5.10 Å². The van der Waals surface area contributed by atoms with Crippen LogP contribution in [0.2, 0.25) is 0 Å².